The zero-order chi connectivity index (χ0) is 19.9. The summed E-state index contributed by atoms with van der Waals surface area (Å²) in [4.78, 5) is 2.63. The highest BCUT2D eigenvalue weighted by Crippen LogP contribution is 2.38. The Kier molecular flexibility index (Phi) is 6.24. The highest BCUT2D eigenvalue weighted by molar-refractivity contribution is 5.50. The van der Waals surface area contributed by atoms with Crippen LogP contribution >= 0.6 is 0 Å². The molecule has 3 nitrogen and oxygen atoms in total. The van der Waals surface area contributed by atoms with Crippen LogP contribution in [0.15, 0.2) is 84.9 Å². The number of hydrogen-bond donors (Lipinski definition) is 1. The average Bonchev–Trinajstić information content (AvgIpc) is 2.81. The summed E-state index contributed by atoms with van der Waals surface area (Å²) >= 11 is 0. The predicted octanol–water partition coefficient (Wildman–Crippen LogP) is 5.94. The number of hydrogen-bond acceptors (Lipinski definition) is 3. The average molecular weight is 382 g/mol. The fraction of sp³-hybridized carbons (Fsp3) is 0.269. The smallest absolute Gasteiger partial charge is 0.0991 e. The summed E-state index contributed by atoms with van der Waals surface area (Å²) in [6.07, 6.45) is 3.82. The lowest BCUT2D eigenvalue weighted by Gasteiger charge is -2.40. The number of nitrogens with one attached hydrogen (secondary N) is 1. The number of piperidine rings is 1. The van der Waals surface area contributed by atoms with Gasteiger partial charge in [0.15, 0.2) is 0 Å². The van der Waals surface area contributed by atoms with Gasteiger partial charge in [0.25, 0.3) is 0 Å². The molecule has 1 aliphatic heterocycles. The van der Waals surface area contributed by atoms with E-state index in [1.54, 1.807) is 0 Å². The monoisotopic (exact) mass is 381 g/mol. The van der Waals surface area contributed by atoms with Crippen molar-refractivity contribution in [3.05, 3.63) is 102 Å². The number of nitriles is 1. The summed E-state index contributed by atoms with van der Waals surface area (Å²) in [5, 5.41) is 12.9. The van der Waals surface area contributed by atoms with Gasteiger partial charge in [-0.2, -0.15) is 5.26 Å². The van der Waals surface area contributed by atoms with Crippen LogP contribution < -0.4 is 5.32 Å². The van der Waals surface area contributed by atoms with Gasteiger partial charge in [-0.15, -0.1) is 0 Å². The van der Waals surface area contributed by atoms with Crippen molar-refractivity contribution in [3.8, 4) is 6.07 Å². The molecular weight excluding hydrogens is 354 g/mol. The minimum absolute atomic E-state index is 0.115. The van der Waals surface area contributed by atoms with Crippen molar-refractivity contribution in [3.63, 3.8) is 0 Å². The Labute approximate surface area is 173 Å². The third-order valence-corrected chi connectivity index (χ3v) is 5.74. The Bertz CT molecular complexity index is 923. The van der Waals surface area contributed by atoms with E-state index in [4.69, 9.17) is 5.26 Å². The lowest BCUT2D eigenvalue weighted by molar-refractivity contribution is 0.147. The van der Waals surface area contributed by atoms with E-state index in [0.717, 1.165) is 18.8 Å². The summed E-state index contributed by atoms with van der Waals surface area (Å²) in [6.45, 7) is 2.25. The molecule has 146 valence electrons. The SMILES string of the molecule is N#Cc1ccc(N[C@H](c2ccccc2)[C@H](c2ccccc2)N2CCCCC2)cc1. The summed E-state index contributed by atoms with van der Waals surface area (Å²) in [7, 11) is 0. The van der Waals surface area contributed by atoms with E-state index in [9.17, 15) is 0 Å². The molecule has 0 saturated carbocycles. The van der Waals surface area contributed by atoms with Gasteiger partial charge in [-0.1, -0.05) is 67.1 Å². The second kappa shape index (κ2) is 9.41. The highest BCUT2D eigenvalue weighted by Gasteiger charge is 2.31. The van der Waals surface area contributed by atoms with Crippen LogP contribution in [0.3, 0.4) is 0 Å². The number of rotatable bonds is 6. The highest BCUT2D eigenvalue weighted by atomic mass is 15.2. The molecule has 1 aliphatic rings. The maximum absolute atomic E-state index is 9.12. The molecule has 0 aromatic heterocycles. The van der Waals surface area contributed by atoms with Gasteiger partial charge in [-0.05, 0) is 61.3 Å². The summed E-state index contributed by atoms with van der Waals surface area (Å²) < 4.78 is 0. The first-order valence-corrected chi connectivity index (χ1v) is 10.5. The molecule has 3 heteroatoms. The number of benzene rings is 3. The lowest BCUT2D eigenvalue weighted by Crippen LogP contribution is -2.39. The Morgan fingerprint density at radius 2 is 1.31 bits per heavy atom. The fourth-order valence-electron chi connectivity index (χ4n) is 4.29. The Hall–Kier alpha value is -3.09. The van der Waals surface area contributed by atoms with E-state index < -0.39 is 0 Å². The Balaban J connectivity index is 1.74. The van der Waals surface area contributed by atoms with Crippen LogP contribution in [0.5, 0.6) is 0 Å². The maximum Gasteiger partial charge on any atom is 0.0991 e. The van der Waals surface area contributed by atoms with Gasteiger partial charge in [0, 0.05) is 5.69 Å². The molecular formula is C26H27N3. The van der Waals surface area contributed by atoms with Gasteiger partial charge in [0.05, 0.1) is 23.7 Å². The minimum Gasteiger partial charge on any atom is -0.376 e. The molecule has 1 heterocycles. The standard InChI is InChI=1S/C26H27N3/c27-20-21-14-16-24(17-15-21)28-25(22-10-4-1-5-11-22)26(23-12-6-2-7-13-23)29-18-8-3-9-19-29/h1-2,4-7,10-17,25-26,28H,3,8-9,18-19H2/t25-,26+/m1/s1. The lowest BCUT2D eigenvalue weighted by atomic mass is 9.90. The second-order valence-corrected chi connectivity index (χ2v) is 7.67. The molecule has 0 amide bonds. The molecule has 0 aliphatic carbocycles. The number of likely N-dealkylation sites (tertiary alicyclic amines) is 1. The molecule has 0 radical (unpaired) electrons. The zero-order valence-electron chi connectivity index (χ0n) is 16.7. The molecule has 4 rings (SSSR count). The second-order valence-electron chi connectivity index (χ2n) is 7.67. The van der Waals surface area contributed by atoms with E-state index in [0.29, 0.717) is 5.56 Å². The zero-order valence-corrected chi connectivity index (χ0v) is 16.7. The van der Waals surface area contributed by atoms with E-state index in [1.807, 2.05) is 24.3 Å². The van der Waals surface area contributed by atoms with Crippen molar-refractivity contribution in [1.29, 1.82) is 5.26 Å². The largest absolute Gasteiger partial charge is 0.376 e. The molecule has 2 atom stereocenters. The van der Waals surface area contributed by atoms with Crippen molar-refractivity contribution in [2.45, 2.75) is 31.3 Å². The van der Waals surface area contributed by atoms with Gasteiger partial charge in [-0.3, -0.25) is 4.90 Å². The van der Waals surface area contributed by atoms with Crippen LogP contribution in [-0.4, -0.2) is 18.0 Å². The number of anilines is 1. The first-order chi connectivity index (χ1) is 14.3. The van der Waals surface area contributed by atoms with Crippen LogP contribution in [0.4, 0.5) is 5.69 Å². The first kappa shape index (κ1) is 19.2. The molecule has 29 heavy (non-hydrogen) atoms. The molecule has 0 bridgehead atoms. The third-order valence-electron chi connectivity index (χ3n) is 5.74. The minimum atomic E-state index is 0.115. The van der Waals surface area contributed by atoms with Crippen LogP contribution in [-0.2, 0) is 0 Å². The fourth-order valence-corrected chi connectivity index (χ4v) is 4.29. The van der Waals surface area contributed by atoms with Crippen molar-refractivity contribution >= 4 is 5.69 Å². The van der Waals surface area contributed by atoms with Gasteiger partial charge in [-0.25, -0.2) is 0 Å². The van der Waals surface area contributed by atoms with E-state index in [1.165, 1.54) is 30.4 Å². The van der Waals surface area contributed by atoms with Crippen molar-refractivity contribution < 1.29 is 0 Å². The van der Waals surface area contributed by atoms with Crippen molar-refractivity contribution in [1.82, 2.24) is 4.90 Å². The van der Waals surface area contributed by atoms with Gasteiger partial charge in [0.2, 0.25) is 0 Å². The third kappa shape index (κ3) is 4.67. The van der Waals surface area contributed by atoms with E-state index in [2.05, 4.69) is 76.9 Å². The molecule has 1 fully saturated rings. The van der Waals surface area contributed by atoms with Gasteiger partial charge < -0.3 is 5.32 Å². The summed E-state index contributed by atoms with van der Waals surface area (Å²) in [5.74, 6) is 0. The quantitative estimate of drug-likeness (QED) is 0.574. The summed E-state index contributed by atoms with van der Waals surface area (Å²) in [5.41, 5.74) is 4.33. The Morgan fingerprint density at radius 1 is 0.724 bits per heavy atom. The molecule has 3 aromatic rings. The molecule has 3 aromatic carbocycles. The van der Waals surface area contributed by atoms with Gasteiger partial charge >= 0.3 is 0 Å². The van der Waals surface area contributed by atoms with Crippen molar-refractivity contribution in [2.75, 3.05) is 18.4 Å². The summed E-state index contributed by atoms with van der Waals surface area (Å²) in [6, 6.07) is 31.9. The van der Waals surface area contributed by atoms with E-state index in [-0.39, 0.29) is 12.1 Å². The van der Waals surface area contributed by atoms with Crippen LogP contribution in [0.2, 0.25) is 0 Å². The maximum atomic E-state index is 9.12. The topological polar surface area (TPSA) is 39.1 Å². The van der Waals surface area contributed by atoms with Crippen LogP contribution in [0.1, 0.15) is 48.0 Å². The molecule has 0 spiro atoms. The van der Waals surface area contributed by atoms with Crippen molar-refractivity contribution in [2.24, 2.45) is 0 Å². The number of nitrogens with zero attached hydrogens (tertiary/aromatic N) is 2. The Morgan fingerprint density at radius 3 is 1.90 bits per heavy atom. The van der Waals surface area contributed by atoms with Crippen LogP contribution in [0, 0.1) is 11.3 Å². The molecule has 0 unspecified atom stereocenters. The van der Waals surface area contributed by atoms with Crippen LogP contribution in [0.25, 0.3) is 0 Å². The normalized spacial score (nSPS) is 16.5. The first-order valence-electron chi connectivity index (χ1n) is 10.5. The van der Waals surface area contributed by atoms with Gasteiger partial charge in [0.1, 0.15) is 0 Å². The molecule has 1 saturated heterocycles. The van der Waals surface area contributed by atoms with E-state index >= 15 is 0 Å². The predicted molar refractivity (Wildman–Crippen MR) is 119 cm³/mol. The molecule has 1 N–H and O–H groups in total.